The molecule has 0 saturated carbocycles. The molecule has 0 radical (unpaired) electrons. The van der Waals surface area contributed by atoms with Gasteiger partial charge in [0.15, 0.2) is 11.6 Å². The van der Waals surface area contributed by atoms with Crippen LogP contribution in [0, 0.1) is 11.6 Å². The number of nitrogens with one attached hydrogen (secondary N) is 1. The van der Waals surface area contributed by atoms with Crippen LogP contribution in [0.15, 0.2) is 16.6 Å². The lowest BCUT2D eigenvalue weighted by Crippen LogP contribution is -2.09. The Labute approximate surface area is 89.6 Å². The van der Waals surface area contributed by atoms with Crippen molar-refractivity contribution >= 4 is 15.9 Å². The van der Waals surface area contributed by atoms with E-state index >= 15 is 0 Å². The molecule has 1 aromatic rings. The monoisotopic (exact) mass is 261 g/mol. The molecular formula is C10H10BrF2N. The standard InChI is InChI=1S/C10H10BrF2N/c11-7-3-8(6-1-2-14-5-6)10(13)9(12)4-7/h3-4,6,14H,1-2,5H2. The molecule has 1 atom stereocenters. The molecule has 1 aromatic carbocycles. The zero-order chi connectivity index (χ0) is 10.1. The van der Waals surface area contributed by atoms with Gasteiger partial charge in [0.1, 0.15) is 0 Å². The Kier molecular flexibility index (Phi) is 2.83. The van der Waals surface area contributed by atoms with Crippen LogP contribution >= 0.6 is 15.9 Å². The summed E-state index contributed by atoms with van der Waals surface area (Å²) in [7, 11) is 0. The Morgan fingerprint density at radius 3 is 2.79 bits per heavy atom. The summed E-state index contributed by atoms with van der Waals surface area (Å²) in [5.41, 5.74) is 0.474. The highest BCUT2D eigenvalue weighted by molar-refractivity contribution is 9.10. The second-order valence-corrected chi connectivity index (χ2v) is 4.40. The summed E-state index contributed by atoms with van der Waals surface area (Å²) < 4.78 is 27.1. The number of hydrogen-bond acceptors (Lipinski definition) is 1. The third-order valence-electron chi connectivity index (χ3n) is 2.52. The number of rotatable bonds is 1. The van der Waals surface area contributed by atoms with E-state index in [0.717, 1.165) is 25.6 Å². The van der Waals surface area contributed by atoms with E-state index in [1.54, 1.807) is 6.07 Å². The van der Waals surface area contributed by atoms with Gasteiger partial charge < -0.3 is 5.32 Å². The predicted octanol–water partition coefficient (Wildman–Crippen LogP) is 2.80. The number of halogens is 3. The fourth-order valence-corrected chi connectivity index (χ4v) is 2.24. The molecule has 1 N–H and O–H groups in total. The first-order chi connectivity index (χ1) is 6.68. The first-order valence-corrected chi connectivity index (χ1v) is 5.33. The van der Waals surface area contributed by atoms with Gasteiger partial charge in [-0.05, 0) is 30.7 Å². The third-order valence-corrected chi connectivity index (χ3v) is 2.98. The summed E-state index contributed by atoms with van der Waals surface area (Å²) >= 11 is 3.17. The predicted molar refractivity (Wildman–Crippen MR) is 54.3 cm³/mol. The maximum Gasteiger partial charge on any atom is 0.162 e. The molecule has 0 aliphatic carbocycles. The maximum absolute atomic E-state index is 13.4. The highest BCUT2D eigenvalue weighted by atomic mass is 79.9. The minimum atomic E-state index is -0.777. The molecule has 0 aromatic heterocycles. The van der Waals surface area contributed by atoms with Gasteiger partial charge in [-0.25, -0.2) is 8.78 Å². The Balaban J connectivity index is 2.40. The zero-order valence-corrected chi connectivity index (χ0v) is 9.07. The lowest BCUT2D eigenvalue weighted by molar-refractivity contribution is 0.489. The molecule has 4 heteroatoms. The van der Waals surface area contributed by atoms with Gasteiger partial charge in [-0.1, -0.05) is 15.9 Å². The molecular weight excluding hydrogens is 252 g/mol. The molecule has 1 fully saturated rings. The normalized spacial score (nSPS) is 21.5. The lowest BCUT2D eigenvalue weighted by atomic mass is 9.98. The van der Waals surface area contributed by atoms with Crippen molar-refractivity contribution < 1.29 is 8.78 Å². The highest BCUT2D eigenvalue weighted by Gasteiger charge is 2.22. The Hall–Kier alpha value is -0.480. The molecule has 1 unspecified atom stereocenters. The van der Waals surface area contributed by atoms with Crippen molar-refractivity contribution in [2.24, 2.45) is 0 Å². The smallest absolute Gasteiger partial charge is 0.162 e. The van der Waals surface area contributed by atoms with Crippen molar-refractivity contribution in [3.8, 4) is 0 Å². The van der Waals surface area contributed by atoms with Crippen LogP contribution in [0.5, 0.6) is 0 Å². The molecule has 14 heavy (non-hydrogen) atoms. The molecule has 0 bridgehead atoms. The molecule has 1 saturated heterocycles. The number of hydrogen-bond donors (Lipinski definition) is 1. The van der Waals surface area contributed by atoms with Crippen LogP contribution in [-0.2, 0) is 0 Å². The van der Waals surface area contributed by atoms with Gasteiger partial charge in [0, 0.05) is 16.9 Å². The highest BCUT2D eigenvalue weighted by Crippen LogP contribution is 2.29. The minimum Gasteiger partial charge on any atom is -0.316 e. The molecule has 76 valence electrons. The van der Waals surface area contributed by atoms with Crippen molar-refractivity contribution in [3.05, 3.63) is 33.8 Å². The summed E-state index contributed by atoms with van der Waals surface area (Å²) in [6, 6.07) is 2.82. The fraction of sp³-hybridized carbons (Fsp3) is 0.400. The average Bonchev–Trinajstić information content (AvgIpc) is 2.63. The van der Waals surface area contributed by atoms with E-state index in [1.807, 2.05) is 0 Å². The third kappa shape index (κ3) is 1.81. The van der Waals surface area contributed by atoms with E-state index in [1.165, 1.54) is 0 Å². The summed E-state index contributed by atoms with van der Waals surface area (Å²) in [5, 5.41) is 3.13. The SMILES string of the molecule is Fc1cc(Br)cc(C2CCNC2)c1F. The zero-order valence-electron chi connectivity index (χ0n) is 7.49. The van der Waals surface area contributed by atoms with Crippen LogP contribution in [-0.4, -0.2) is 13.1 Å². The van der Waals surface area contributed by atoms with E-state index in [0.29, 0.717) is 10.0 Å². The van der Waals surface area contributed by atoms with Crippen molar-refractivity contribution in [2.75, 3.05) is 13.1 Å². The fourth-order valence-electron chi connectivity index (χ4n) is 1.79. The largest absolute Gasteiger partial charge is 0.316 e. The van der Waals surface area contributed by atoms with Gasteiger partial charge in [-0.3, -0.25) is 0 Å². The molecule has 0 amide bonds. The van der Waals surface area contributed by atoms with E-state index < -0.39 is 11.6 Å². The summed E-state index contributed by atoms with van der Waals surface area (Å²) in [4.78, 5) is 0. The molecule has 1 heterocycles. The maximum atomic E-state index is 13.4. The molecule has 1 aliphatic heterocycles. The van der Waals surface area contributed by atoms with Crippen LogP contribution < -0.4 is 5.32 Å². The first kappa shape index (κ1) is 10.1. The van der Waals surface area contributed by atoms with Crippen molar-refractivity contribution in [3.63, 3.8) is 0 Å². The molecule has 1 aliphatic rings. The Morgan fingerprint density at radius 2 is 2.14 bits per heavy atom. The molecule has 0 spiro atoms. The molecule has 2 rings (SSSR count). The van der Waals surface area contributed by atoms with Crippen molar-refractivity contribution in [1.29, 1.82) is 0 Å². The Bertz CT molecular complexity index is 348. The van der Waals surface area contributed by atoms with E-state index in [4.69, 9.17) is 0 Å². The van der Waals surface area contributed by atoms with Crippen molar-refractivity contribution in [2.45, 2.75) is 12.3 Å². The lowest BCUT2D eigenvalue weighted by Gasteiger charge is -2.10. The second-order valence-electron chi connectivity index (χ2n) is 3.48. The summed E-state index contributed by atoms with van der Waals surface area (Å²) in [6.45, 7) is 1.60. The van der Waals surface area contributed by atoms with Gasteiger partial charge in [0.2, 0.25) is 0 Å². The summed E-state index contributed by atoms with van der Waals surface area (Å²) in [5.74, 6) is -1.38. The van der Waals surface area contributed by atoms with Crippen LogP contribution in [0.25, 0.3) is 0 Å². The summed E-state index contributed by atoms with van der Waals surface area (Å²) in [6.07, 6.45) is 0.868. The topological polar surface area (TPSA) is 12.0 Å². The van der Waals surface area contributed by atoms with Crippen molar-refractivity contribution in [1.82, 2.24) is 5.32 Å². The first-order valence-electron chi connectivity index (χ1n) is 4.53. The van der Waals surface area contributed by atoms with Gasteiger partial charge in [0.05, 0.1) is 0 Å². The van der Waals surface area contributed by atoms with Gasteiger partial charge in [-0.2, -0.15) is 0 Å². The second kappa shape index (κ2) is 3.95. The van der Waals surface area contributed by atoms with Gasteiger partial charge in [0.25, 0.3) is 0 Å². The van der Waals surface area contributed by atoms with Crippen LogP contribution in [0.1, 0.15) is 17.9 Å². The van der Waals surface area contributed by atoms with Gasteiger partial charge in [-0.15, -0.1) is 0 Å². The van der Waals surface area contributed by atoms with E-state index in [2.05, 4.69) is 21.2 Å². The van der Waals surface area contributed by atoms with E-state index in [-0.39, 0.29) is 5.92 Å². The van der Waals surface area contributed by atoms with E-state index in [9.17, 15) is 8.78 Å². The quantitative estimate of drug-likeness (QED) is 0.767. The van der Waals surface area contributed by atoms with Crippen LogP contribution in [0.3, 0.4) is 0 Å². The van der Waals surface area contributed by atoms with Gasteiger partial charge >= 0.3 is 0 Å². The minimum absolute atomic E-state index is 0.0991. The van der Waals surface area contributed by atoms with Crippen LogP contribution in [0.2, 0.25) is 0 Å². The average molecular weight is 262 g/mol. The Morgan fingerprint density at radius 1 is 1.36 bits per heavy atom. The number of benzene rings is 1. The van der Waals surface area contributed by atoms with Crippen LogP contribution in [0.4, 0.5) is 8.78 Å². The molecule has 1 nitrogen and oxygen atoms in total.